The van der Waals surface area contributed by atoms with Crippen LogP contribution in [-0.4, -0.2) is 54.3 Å². The summed E-state index contributed by atoms with van der Waals surface area (Å²) in [5.74, 6) is -4.13. The molecule has 10 nitrogen and oxygen atoms in total. The Bertz CT molecular complexity index is 1380. The van der Waals surface area contributed by atoms with E-state index in [0.717, 1.165) is 43.9 Å². The van der Waals surface area contributed by atoms with Crippen LogP contribution in [-0.2, 0) is 24.4 Å². The molecule has 14 heteroatoms. The highest BCUT2D eigenvalue weighted by atomic mass is 32.2. The Hall–Kier alpha value is -3.39. The molecule has 0 radical (unpaired) electrons. The second-order valence-corrected chi connectivity index (χ2v) is 11.0. The van der Waals surface area contributed by atoms with Gasteiger partial charge in [0, 0.05) is 12.5 Å². The predicted molar refractivity (Wildman–Crippen MR) is 120 cm³/mol. The zero-order chi connectivity index (χ0) is 26.6. The number of rotatable bonds is 4. The van der Waals surface area contributed by atoms with Crippen molar-refractivity contribution in [2.45, 2.75) is 23.6 Å². The highest BCUT2D eigenvalue weighted by Crippen LogP contribution is 2.21. The van der Waals surface area contributed by atoms with E-state index in [1.807, 2.05) is 0 Å². The van der Waals surface area contributed by atoms with Crippen molar-refractivity contribution < 1.29 is 39.9 Å². The van der Waals surface area contributed by atoms with Crippen LogP contribution in [0, 0.1) is 25.5 Å². The van der Waals surface area contributed by atoms with Crippen LogP contribution in [0.1, 0.15) is 31.8 Å². The van der Waals surface area contributed by atoms with Crippen LogP contribution < -0.4 is 11.5 Å². The molecule has 0 atom stereocenters. The minimum absolute atomic E-state index is 0.0747. The molecule has 0 saturated heterocycles. The third-order valence-corrected chi connectivity index (χ3v) is 6.67. The molecule has 0 spiro atoms. The van der Waals surface area contributed by atoms with E-state index in [9.17, 15) is 35.2 Å². The van der Waals surface area contributed by atoms with Gasteiger partial charge in [0.1, 0.15) is 11.6 Å². The number of methoxy groups -OCH3 is 1. The van der Waals surface area contributed by atoms with Gasteiger partial charge in [-0.1, -0.05) is 0 Å². The number of nitrogens with two attached hydrogens (primary N) is 2. The molecule has 0 aliphatic heterocycles. The summed E-state index contributed by atoms with van der Waals surface area (Å²) in [7, 11) is -5.95. The van der Waals surface area contributed by atoms with Crippen LogP contribution in [0.3, 0.4) is 0 Å². The molecule has 2 aromatic rings. The summed E-state index contributed by atoms with van der Waals surface area (Å²) >= 11 is 0. The van der Waals surface area contributed by atoms with Crippen LogP contribution in [0.2, 0.25) is 0 Å². The van der Waals surface area contributed by atoms with Gasteiger partial charge in [0.2, 0.25) is 0 Å². The Morgan fingerprint density at radius 1 is 0.824 bits per heavy atom. The molecule has 0 heterocycles. The first kappa shape index (κ1) is 28.6. The summed E-state index contributed by atoms with van der Waals surface area (Å²) in [4.78, 5) is 25.6. The van der Waals surface area contributed by atoms with Gasteiger partial charge in [-0.3, -0.25) is 4.79 Å². The fraction of sp³-hybridized carbons (Fsp3) is 0.250. The first-order valence-corrected chi connectivity index (χ1v) is 12.9. The largest absolute Gasteiger partial charge is 0.465 e. The fourth-order valence-electron chi connectivity index (χ4n) is 2.71. The van der Waals surface area contributed by atoms with Crippen molar-refractivity contribution in [3.8, 4) is 0 Å². The number of hydrogen-bond acceptors (Lipinski definition) is 7. The number of benzene rings is 2. The lowest BCUT2D eigenvalue weighted by Gasteiger charge is -2.07. The second-order valence-electron chi connectivity index (χ2n) is 7.07. The van der Waals surface area contributed by atoms with Crippen molar-refractivity contribution >= 4 is 37.5 Å². The van der Waals surface area contributed by atoms with Crippen molar-refractivity contribution in [2.24, 2.45) is 16.5 Å². The van der Waals surface area contributed by atoms with Gasteiger partial charge in [0.15, 0.2) is 25.6 Å². The quantitative estimate of drug-likeness (QED) is 0.261. The van der Waals surface area contributed by atoms with E-state index in [2.05, 4.69) is 9.73 Å². The summed E-state index contributed by atoms with van der Waals surface area (Å²) in [6, 6.07) is 3.87. The summed E-state index contributed by atoms with van der Waals surface area (Å²) < 4.78 is 76.9. The normalized spacial score (nSPS) is 11.1. The molecule has 0 aliphatic rings. The number of sulfone groups is 2. The maximum Gasteiger partial charge on any atom is 0.340 e. The first-order valence-electron chi connectivity index (χ1n) is 9.12. The van der Waals surface area contributed by atoms with Crippen LogP contribution in [0.15, 0.2) is 39.0 Å². The molecule has 2 rings (SSSR count). The van der Waals surface area contributed by atoms with E-state index < -0.39 is 54.7 Å². The third-order valence-electron chi connectivity index (χ3n) is 4.19. The van der Waals surface area contributed by atoms with Crippen molar-refractivity contribution in [3.05, 3.63) is 58.2 Å². The SMILES string of the molecule is COC(=O)c1cc(S(C)(=O)=O)c(C)cc1F.Cc1cc(F)c(C(=O)N=C(N)N)cc1S(C)(=O)=O. The Kier molecular flexibility index (Phi) is 9.01. The number of carbonyl (C=O) groups is 2. The number of nitrogens with zero attached hydrogens (tertiary/aromatic N) is 1. The van der Waals surface area contributed by atoms with E-state index in [0.29, 0.717) is 0 Å². The Balaban J connectivity index is 0.000000342. The number of guanidine groups is 1. The maximum absolute atomic E-state index is 13.6. The molecule has 186 valence electrons. The molecule has 0 aliphatic carbocycles. The molecular weight excluding hydrogens is 496 g/mol. The zero-order valence-corrected chi connectivity index (χ0v) is 20.5. The van der Waals surface area contributed by atoms with Gasteiger partial charge in [0.05, 0.1) is 28.0 Å². The van der Waals surface area contributed by atoms with E-state index in [1.165, 1.54) is 13.8 Å². The van der Waals surface area contributed by atoms with Crippen molar-refractivity contribution in [2.75, 3.05) is 19.6 Å². The number of ether oxygens (including phenoxy) is 1. The standard InChI is InChI=1S/C10H12FN3O3S.C10H11FO4S/c1-5-3-7(11)6(9(15)14-10(12)13)4-8(5)18(2,16)17;1-6-4-8(11)7(10(12)15-2)5-9(6)16(3,13)14/h3-4H,1-2H3,(H4,12,13,14,15);4-5H,1-3H3. The molecule has 2 aromatic carbocycles. The molecule has 1 amide bonds. The van der Waals surface area contributed by atoms with Gasteiger partial charge in [-0.05, 0) is 49.2 Å². The third kappa shape index (κ3) is 7.31. The van der Waals surface area contributed by atoms with Gasteiger partial charge in [-0.15, -0.1) is 0 Å². The summed E-state index contributed by atoms with van der Waals surface area (Å²) in [6.07, 6.45) is 1.95. The molecule has 0 fully saturated rings. The van der Waals surface area contributed by atoms with Gasteiger partial charge in [0.25, 0.3) is 5.91 Å². The van der Waals surface area contributed by atoms with Gasteiger partial charge >= 0.3 is 5.97 Å². The molecule has 0 aromatic heterocycles. The van der Waals surface area contributed by atoms with E-state index in [-0.39, 0.29) is 26.5 Å². The predicted octanol–water partition coefficient (Wildman–Crippen LogP) is 1.28. The number of halogens is 2. The molecular formula is C20H23F2N3O7S2. The molecule has 0 bridgehead atoms. The van der Waals surface area contributed by atoms with Crippen molar-refractivity contribution in [1.29, 1.82) is 0 Å². The van der Waals surface area contributed by atoms with Crippen LogP contribution in [0.25, 0.3) is 0 Å². The van der Waals surface area contributed by atoms with E-state index >= 15 is 0 Å². The van der Waals surface area contributed by atoms with Crippen molar-refractivity contribution in [3.63, 3.8) is 0 Å². The Morgan fingerprint density at radius 2 is 1.21 bits per heavy atom. The Labute approximate surface area is 195 Å². The van der Waals surface area contributed by atoms with Gasteiger partial charge in [-0.2, -0.15) is 4.99 Å². The number of amides is 1. The van der Waals surface area contributed by atoms with E-state index in [4.69, 9.17) is 11.5 Å². The smallest absolute Gasteiger partial charge is 0.340 e. The highest BCUT2D eigenvalue weighted by Gasteiger charge is 2.20. The minimum atomic E-state index is -3.56. The molecule has 0 saturated carbocycles. The van der Waals surface area contributed by atoms with E-state index in [1.54, 1.807) is 0 Å². The van der Waals surface area contributed by atoms with Crippen LogP contribution in [0.4, 0.5) is 8.78 Å². The average molecular weight is 520 g/mol. The van der Waals surface area contributed by atoms with Crippen LogP contribution in [0.5, 0.6) is 0 Å². The topological polar surface area (TPSA) is 176 Å². The highest BCUT2D eigenvalue weighted by molar-refractivity contribution is 7.91. The van der Waals surface area contributed by atoms with Gasteiger partial charge in [-0.25, -0.2) is 30.4 Å². The lowest BCUT2D eigenvalue weighted by Crippen LogP contribution is -2.24. The van der Waals surface area contributed by atoms with Crippen LogP contribution >= 0.6 is 0 Å². The monoisotopic (exact) mass is 519 g/mol. The summed E-state index contributed by atoms with van der Waals surface area (Å²) in [6.45, 7) is 2.88. The van der Waals surface area contributed by atoms with Crippen molar-refractivity contribution in [1.82, 2.24) is 0 Å². The molecule has 4 N–H and O–H groups in total. The fourth-order valence-corrected chi connectivity index (χ4v) is 4.66. The number of hydrogen-bond donors (Lipinski definition) is 2. The summed E-state index contributed by atoms with van der Waals surface area (Å²) in [5, 5.41) is 0. The average Bonchev–Trinajstić information content (AvgIpc) is 2.65. The number of esters is 1. The number of aryl methyl sites for hydroxylation is 2. The number of aliphatic imine (C=N–C) groups is 1. The lowest BCUT2D eigenvalue weighted by molar-refractivity contribution is 0.0595. The zero-order valence-electron chi connectivity index (χ0n) is 18.8. The Morgan fingerprint density at radius 3 is 1.56 bits per heavy atom. The molecule has 34 heavy (non-hydrogen) atoms. The lowest BCUT2D eigenvalue weighted by atomic mass is 10.1. The number of carbonyl (C=O) groups excluding carboxylic acids is 2. The van der Waals surface area contributed by atoms with Gasteiger partial charge < -0.3 is 16.2 Å². The molecule has 0 unspecified atom stereocenters. The summed E-state index contributed by atoms with van der Waals surface area (Å²) in [5.41, 5.74) is 9.59. The maximum atomic E-state index is 13.6. The second kappa shape index (κ2) is 10.7. The first-order chi connectivity index (χ1) is 15.4. The minimum Gasteiger partial charge on any atom is -0.465 e.